The van der Waals surface area contributed by atoms with Crippen LogP contribution < -0.4 is 11.0 Å². The molecule has 0 aliphatic rings. The van der Waals surface area contributed by atoms with E-state index in [1.54, 1.807) is 49.4 Å². The van der Waals surface area contributed by atoms with E-state index in [1.807, 2.05) is 25.1 Å². The summed E-state index contributed by atoms with van der Waals surface area (Å²) in [4.78, 5) is 39.9. The molecule has 0 radical (unpaired) electrons. The number of carbonyl (C=O) groups excluding carboxylic acids is 2. The summed E-state index contributed by atoms with van der Waals surface area (Å²) in [6, 6.07) is 14.8. The number of hydrogen-bond donors (Lipinski definition) is 1. The number of nitrogens with one attached hydrogen (secondary N) is 1. The third-order valence-corrected chi connectivity index (χ3v) is 5.13. The van der Waals surface area contributed by atoms with Crippen molar-refractivity contribution >= 4 is 34.4 Å². The Morgan fingerprint density at radius 1 is 1.13 bits per heavy atom. The van der Waals surface area contributed by atoms with Gasteiger partial charge in [0.1, 0.15) is 6.61 Å². The van der Waals surface area contributed by atoms with Gasteiger partial charge in [0, 0.05) is 28.6 Å². The first-order valence-corrected chi connectivity index (χ1v) is 10.2. The van der Waals surface area contributed by atoms with Crippen molar-refractivity contribution in [3.05, 3.63) is 81.1 Å². The van der Waals surface area contributed by atoms with Crippen LogP contribution in [0.15, 0.2) is 59.4 Å². The predicted octanol–water partition coefficient (Wildman–Crippen LogP) is 3.25. The Labute approximate surface area is 185 Å². The number of rotatable bonds is 7. The maximum absolute atomic E-state index is 12.9. The Hall–Kier alpha value is -3.16. The highest BCUT2D eigenvalue weighted by molar-refractivity contribution is 6.30. The van der Waals surface area contributed by atoms with E-state index in [0.717, 1.165) is 0 Å². The van der Waals surface area contributed by atoms with Crippen LogP contribution in [0.25, 0.3) is 10.9 Å². The number of pyridine rings is 1. The van der Waals surface area contributed by atoms with Crippen molar-refractivity contribution < 1.29 is 14.3 Å². The zero-order chi connectivity index (χ0) is 22.5. The molecule has 1 unspecified atom stereocenters. The molecule has 3 rings (SSSR count). The van der Waals surface area contributed by atoms with Crippen molar-refractivity contribution in [1.82, 2.24) is 9.58 Å². The standard InChI is InChI=1S/C23H24ClN3O4/c1-15(23(30)31-13-12-26(2)3)19-14-21(28)27(20-7-5-4-6-18(19)20)25-22(29)16-8-10-17(24)11-9-16/h4-11,14-15H,12-13H2,1-3H3,(H,25,29). The van der Waals surface area contributed by atoms with Crippen LogP contribution in [0.5, 0.6) is 0 Å². The van der Waals surface area contributed by atoms with Gasteiger partial charge in [0.2, 0.25) is 0 Å². The van der Waals surface area contributed by atoms with Crippen LogP contribution in [0.3, 0.4) is 0 Å². The third-order valence-electron chi connectivity index (χ3n) is 4.88. The van der Waals surface area contributed by atoms with E-state index >= 15 is 0 Å². The molecule has 31 heavy (non-hydrogen) atoms. The van der Waals surface area contributed by atoms with Crippen molar-refractivity contribution in [3.8, 4) is 0 Å². The normalized spacial score (nSPS) is 12.0. The highest BCUT2D eigenvalue weighted by Crippen LogP contribution is 2.25. The molecule has 1 heterocycles. The first-order chi connectivity index (χ1) is 14.8. The zero-order valence-corrected chi connectivity index (χ0v) is 18.3. The molecular weight excluding hydrogens is 418 g/mol. The molecule has 162 valence electrons. The number of nitrogens with zero attached hydrogens (tertiary/aromatic N) is 2. The van der Waals surface area contributed by atoms with E-state index in [0.29, 0.717) is 33.6 Å². The number of carbonyl (C=O) groups is 2. The van der Waals surface area contributed by atoms with E-state index in [-0.39, 0.29) is 6.61 Å². The molecule has 0 saturated carbocycles. The first kappa shape index (κ1) is 22.5. The lowest BCUT2D eigenvalue weighted by atomic mass is 9.97. The number of para-hydroxylation sites is 1. The van der Waals surface area contributed by atoms with Gasteiger partial charge in [-0.3, -0.25) is 19.8 Å². The largest absolute Gasteiger partial charge is 0.464 e. The topological polar surface area (TPSA) is 80.6 Å². The zero-order valence-electron chi connectivity index (χ0n) is 17.6. The quantitative estimate of drug-likeness (QED) is 0.569. The van der Waals surface area contributed by atoms with Crippen LogP contribution in [0.4, 0.5) is 0 Å². The van der Waals surface area contributed by atoms with E-state index in [2.05, 4.69) is 5.43 Å². The Morgan fingerprint density at radius 2 is 1.81 bits per heavy atom. The predicted molar refractivity (Wildman–Crippen MR) is 121 cm³/mol. The summed E-state index contributed by atoms with van der Waals surface area (Å²) in [5.41, 5.74) is 3.58. The second-order valence-corrected chi connectivity index (χ2v) is 7.87. The molecule has 0 spiro atoms. The van der Waals surface area contributed by atoms with Crippen LogP contribution in [-0.4, -0.2) is 48.7 Å². The molecule has 1 aromatic heterocycles. The Bertz CT molecular complexity index is 1160. The monoisotopic (exact) mass is 441 g/mol. The van der Waals surface area contributed by atoms with Gasteiger partial charge in [0.05, 0.1) is 11.4 Å². The van der Waals surface area contributed by atoms with E-state index in [1.165, 1.54) is 10.7 Å². The fraction of sp³-hybridized carbons (Fsp3) is 0.261. The number of likely N-dealkylation sites (N-methyl/N-ethyl adjacent to an activating group) is 1. The number of halogens is 1. The van der Waals surface area contributed by atoms with Gasteiger partial charge in [-0.2, -0.15) is 0 Å². The number of hydrogen-bond acceptors (Lipinski definition) is 5. The molecule has 8 heteroatoms. The van der Waals surface area contributed by atoms with Crippen molar-refractivity contribution in [2.75, 3.05) is 32.7 Å². The van der Waals surface area contributed by atoms with Gasteiger partial charge in [0.15, 0.2) is 0 Å². The number of fused-ring (bicyclic) bond motifs is 1. The number of aromatic nitrogens is 1. The SMILES string of the molecule is CC(C(=O)OCCN(C)C)c1cc(=O)n(NC(=O)c2ccc(Cl)cc2)c2ccccc12. The molecule has 1 N–H and O–H groups in total. The Balaban J connectivity index is 1.93. The van der Waals surface area contributed by atoms with Crippen molar-refractivity contribution in [2.24, 2.45) is 0 Å². The summed E-state index contributed by atoms with van der Waals surface area (Å²) in [6.45, 7) is 2.58. The molecule has 0 aliphatic carbocycles. The highest BCUT2D eigenvalue weighted by atomic mass is 35.5. The highest BCUT2D eigenvalue weighted by Gasteiger charge is 2.22. The lowest BCUT2D eigenvalue weighted by Gasteiger charge is -2.18. The second-order valence-electron chi connectivity index (χ2n) is 7.43. The summed E-state index contributed by atoms with van der Waals surface area (Å²) in [5, 5.41) is 1.19. The lowest BCUT2D eigenvalue weighted by molar-refractivity contribution is -0.145. The molecular formula is C23H24ClN3O4. The summed E-state index contributed by atoms with van der Waals surface area (Å²) in [7, 11) is 3.78. The first-order valence-electron chi connectivity index (χ1n) is 9.81. The molecule has 0 aliphatic heterocycles. The summed E-state index contributed by atoms with van der Waals surface area (Å²) in [6.07, 6.45) is 0. The number of amides is 1. The maximum atomic E-state index is 12.9. The molecule has 0 bridgehead atoms. The van der Waals surface area contributed by atoms with E-state index < -0.39 is 23.4 Å². The Morgan fingerprint density at radius 3 is 2.48 bits per heavy atom. The van der Waals surface area contributed by atoms with Crippen molar-refractivity contribution in [1.29, 1.82) is 0 Å². The van der Waals surface area contributed by atoms with E-state index in [4.69, 9.17) is 16.3 Å². The fourth-order valence-electron chi connectivity index (χ4n) is 3.13. The number of esters is 1. The van der Waals surface area contributed by atoms with Crippen LogP contribution in [0.1, 0.15) is 28.8 Å². The fourth-order valence-corrected chi connectivity index (χ4v) is 3.25. The van der Waals surface area contributed by atoms with Gasteiger partial charge in [-0.05, 0) is 56.9 Å². The third kappa shape index (κ3) is 5.31. The minimum absolute atomic E-state index is 0.266. The minimum Gasteiger partial charge on any atom is -0.464 e. The summed E-state index contributed by atoms with van der Waals surface area (Å²) < 4.78 is 6.53. The second kappa shape index (κ2) is 9.76. The van der Waals surface area contributed by atoms with Crippen LogP contribution in [0.2, 0.25) is 5.02 Å². The molecule has 1 amide bonds. The number of benzene rings is 2. The molecule has 3 aromatic rings. The average Bonchev–Trinajstić information content (AvgIpc) is 2.75. The summed E-state index contributed by atoms with van der Waals surface area (Å²) >= 11 is 5.87. The lowest BCUT2D eigenvalue weighted by Crippen LogP contribution is -2.34. The van der Waals surface area contributed by atoms with Crippen LogP contribution in [-0.2, 0) is 9.53 Å². The smallest absolute Gasteiger partial charge is 0.313 e. The van der Waals surface area contributed by atoms with E-state index in [9.17, 15) is 14.4 Å². The van der Waals surface area contributed by atoms with Crippen molar-refractivity contribution in [2.45, 2.75) is 12.8 Å². The molecule has 2 aromatic carbocycles. The van der Waals surface area contributed by atoms with Crippen LogP contribution in [0, 0.1) is 0 Å². The average molecular weight is 442 g/mol. The Kier molecular flexibility index (Phi) is 7.09. The maximum Gasteiger partial charge on any atom is 0.313 e. The molecule has 0 fully saturated rings. The number of ether oxygens (including phenoxy) is 1. The van der Waals surface area contributed by atoms with Gasteiger partial charge in [-0.15, -0.1) is 0 Å². The van der Waals surface area contributed by atoms with Gasteiger partial charge in [0.25, 0.3) is 11.5 Å². The van der Waals surface area contributed by atoms with Crippen LogP contribution >= 0.6 is 11.6 Å². The molecule has 0 saturated heterocycles. The van der Waals surface area contributed by atoms with Gasteiger partial charge < -0.3 is 9.64 Å². The minimum atomic E-state index is -0.638. The van der Waals surface area contributed by atoms with Gasteiger partial charge in [-0.1, -0.05) is 29.8 Å². The molecule has 7 nitrogen and oxygen atoms in total. The van der Waals surface area contributed by atoms with Gasteiger partial charge >= 0.3 is 5.97 Å². The molecule has 1 atom stereocenters. The van der Waals surface area contributed by atoms with Crippen molar-refractivity contribution in [3.63, 3.8) is 0 Å². The van der Waals surface area contributed by atoms with Gasteiger partial charge in [-0.25, -0.2) is 4.68 Å². The summed E-state index contributed by atoms with van der Waals surface area (Å²) in [5.74, 6) is -1.50.